The van der Waals surface area contributed by atoms with E-state index in [0.717, 1.165) is 23.1 Å². The number of rotatable bonds is 7. The van der Waals surface area contributed by atoms with Gasteiger partial charge in [-0.05, 0) is 17.7 Å². The third kappa shape index (κ3) is 5.65. The number of aliphatic carboxylic acids is 1. The van der Waals surface area contributed by atoms with Crippen molar-refractivity contribution in [3.63, 3.8) is 0 Å². The van der Waals surface area contributed by atoms with Gasteiger partial charge in [-0.15, -0.1) is 11.8 Å². The summed E-state index contributed by atoms with van der Waals surface area (Å²) in [6.07, 6.45) is 0. The van der Waals surface area contributed by atoms with Crippen molar-refractivity contribution in [1.29, 1.82) is 0 Å². The first kappa shape index (κ1) is 15.4. The first-order valence-electron chi connectivity index (χ1n) is 5.69. The van der Waals surface area contributed by atoms with Crippen molar-refractivity contribution in [2.24, 2.45) is 0 Å². The molecular weight excluding hydrogens is 266 g/mol. The van der Waals surface area contributed by atoms with Crippen LogP contribution < -0.4 is 4.74 Å². The number of carbonyl (C=O) groups excluding carboxylic acids is 1. The molecule has 1 amide bonds. The second-order valence-electron chi connectivity index (χ2n) is 3.99. The number of hydrogen-bond acceptors (Lipinski definition) is 4. The average Bonchev–Trinajstić information content (AvgIpc) is 2.38. The maximum absolute atomic E-state index is 11.8. The summed E-state index contributed by atoms with van der Waals surface area (Å²) in [6, 6.07) is 7.49. The second-order valence-corrected chi connectivity index (χ2v) is 4.97. The van der Waals surface area contributed by atoms with Crippen molar-refractivity contribution in [2.75, 3.05) is 25.7 Å². The molecule has 0 aliphatic heterocycles. The fourth-order valence-corrected chi connectivity index (χ4v) is 2.14. The molecule has 0 bridgehead atoms. The lowest BCUT2D eigenvalue weighted by Gasteiger charge is -2.17. The number of thioether (sulfide) groups is 1. The monoisotopic (exact) mass is 283 g/mol. The highest BCUT2D eigenvalue weighted by Crippen LogP contribution is 2.14. The van der Waals surface area contributed by atoms with E-state index in [1.807, 2.05) is 24.3 Å². The molecule has 1 rings (SSSR count). The fourth-order valence-electron chi connectivity index (χ4n) is 1.47. The predicted octanol–water partition coefficient (Wildman–Crippen LogP) is 1.47. The molecule has 0 spiro atoms. The number of amides is 1. The van der Waals surface area contributed by atoms with Crippen LogP contribution in [0.25, 0.3) is 0 Å². The van der Waals surface area contributed by atoms with E-state index in [2.05, 4.69) is 0 Å². The Morgan fingerprint density at radius 1 is 1.37 bits per heavy atom. The molecular formula is C13H17NO4S. The summed E-state index contributed by atoms with van der Waals surface area (Å²) in [4.78, 5) is 23.7. The molecule has 0 saturated carbocycles. The van der Waals surface area contributed by atoms with Gasteiger partial charge in [-0.3, -0.25) is 9.59 Å². The molecule has 0 aliphatic rings. The van der Waals surface area contributed by atoms with Gasteiger partial charge in [0.15, 0.2) is 0 Å². The van der Waals surface area contributed by atoms with Crippen LogP contribution in [0.1, 0.15) is 5.56 Å². The maximum atomic E-state index is 11.8. The van der Waals surface area contributed by atoms with Crippen LogP contribution in [0.4, 0.5) is 0 Å². The molecule has 0 fully saturated rings. The van der Waals surface area contributed by atoms with E-state index >= 15 is 0 Å². The maximum Gasteiger partial charge on any atom is 0.313 e. The quantitative estimate of drug-likeness (QED) is 0.821. The van der Waals surface area contributed by atoms with Crippen molar-refractivity contribution in [1.82, 2.24) is 4.90 Å². The van der Waals surface area contributed by atoms with E-state index in [0.29, 0.717) is 6.54 Å². The summed E-state index contributed by atoms with van der Waals surface area (Å²) >= 11 is 1.10. The molecule has 0 atom stereocenters. The zero-order valence-corrected chi connectivity index (χ0v) is 11.8. The van der Waals surface area contributed by atoms with Gasteiger partial charge < -0.3 is 14.7 Å². The summed E-state index contributed by atoms with van der Waals surface area (Å²) in [5, 5.41) is 8.50. The Kier molecular flexibility index (Phi) is 6.21. The van der Waals surface area contributed by atoms with Crippen LogP contribution in [0, 0.1) is 0 Å². The van der Waals surface area contributed by atoms with E-state index in [1.165, 1.54) is 0 Å². The minimum absolute atomic E-state index is 0.0568. The highest BCUT2D eigenvalue weighted by molar-refractivity contribution is 8.00. The molecule has 104 valence electrons. The fraction of sp³-hybridized carbons (Fsp3) is 0.385. The number of methoxy groups -OCH3 is 1. The van der Waals surface area contributed by atoms with Gasteiger partial charge in [0, 0.05) is 13.6 Å². The molecule has 0 aliphatic carbocycles. The molecule has 6 heteroatoms. The van der Waals surface area contributed by atoms with Crippen LogP contribution in [0.5, 0.6) is 5.75 Å². The van der Waals surface area contributed by atoms with Crippen LogP contribution >= 0.6 is 11.8 Å². The van der Waals surface area contributed by atoms with Gasteiger partial charge in [-0.1, -0.05) is 12.1 Å². The molecule has 1 aromatic rings. The number of carboxylic acid groups (broad SMARTS) is 1. The second kappa shape index (κ2) is 7.68. The molecule has 5 nitrogen and oxygen atoms in total. The van der Waals surface area contributed by atoms with Crippen LogP contribution in [0.15, 0.2) is 24.3 Å². The minimum Gasteiger partial charge on any atom is -0.497 e. The van der Waals surface area contributed by atoms with Gasteiger partial charge in [0.05, 0.1) is 18.6 Å². The zero-order chi connectivity index (χ0) is 14.3. The van der Waals surface area contributed by atoms with Crippen LogP contribution in [0.3, 0.4) is 0 Å². The van der Waals surface area contributed by atoms with Crippen LogP contribution in [-0.2, 0) is 16.1 Å². The Hall–Kier alpha value is -1.69. The number of nitrogens with zero attached hydrogens (tertiary/aromatic N) is 1. The molecule has 1 N–H and O–H groups in total. The normalized spacial score (nSPS) is 10.0. The van der Waals surface area contributed by atoms with E-state index in [-0.39, 0.29) is 17.4 Å². The zero-order valence-electron chi connectivity index (χ0n) is 11.0. The highest BCUT2D eigenvalue weighted by Gasteiger charge is 2.10. The van der Waals surface area contributed by atoms with Gasteiger partial charge >= 0.3 is 5.97 Å². The number of ether oxygens (including phenoxy) is 1. The Bertz CT molecular complexity index is 450. The van der Waals surface area contributed by atoms with E-state index in [4.69, 9.17) is 9.84 Å². The summed E-state index contributed by atoms with van der Waals surface area (Å²) in [7, 11) is 3.29. The van der Waals surface area contributed by atoms with Gasteiger partial charge in [-0.25, -0.2) is 0 Å². The molecule has 0 aromatic heterocycles. The third-order valence-electron chi connectivity index (χ3n) is 2.43. The van der Waals surface area contributed by atoms with Crippen molar-refractivity contribution in [3.8, 4) is 5.75 Å². The molecule has 0 unspecified atom stereocenters. The van der Waals surface area contributed by atoms with Crippen molar-refractivity contribution in [3.05, 3.63) is 29.8 Å². The highest BCUT2D eigenvalue weighted by atomic mass is 32.2. The molecule has 0 radical (unpaired) electrons. The summed E-state index contributed by atoms with van der Waals surface area (Å²) in [5.74, 6) is -0.133. The summed E-state index contributed by atoms with van der Waals surface area (Å²) in [5.41, 5.74) is 0.971. The van der Waals surface area contributed by atoms with E-state index in [1.54, 1.807) is 19.1 Å². The summed E-state index contributed by atoms with van der Waals surface area (Å²) in [6.45, 7) is 0.476. The van der Waals surface area contributed by atoms with Gasteiger partial charge in [0.2, 0.25) is 5.91 Å². The molecule has 19 heavy (non-hydrogen) atoms. The van der Waals surface area contributed by atoms with Gasteiger partial charge in [-0.2, -0.15) is 0 Å². The Balaban J connectivity index is 2.46. The molecule has 0 saturated heterocycles. The molecule has 0 heterocycles. The standard InChI is InChI=1S/C13H17NO4S/c1-14(12(15)8-19-9-13(16)17)7-10-4-3-5-11(6-10)18-2/h3-6H,7-9H2,1-2H3,(H,16,17). The number of hydrogen-bond donors (Lipinski definition) is 1. The van der Waals surface area contributed by atoms with Crippen molar-refractivity contribution in [2.45, 2.75) is 6.54 Å². The smallest absolute Gasteiger partial charge is 0.313 e. The largest absolute Gasteiger partial charge is 0.497 e. The van der Waals surface area contributed by atoms with E-state index < -0.39 is 5.97 Å². The van der Waals surface area contributed by atoms with Gasteiger partial charge in [0.1, 0.15) is 5.75 Å². The molecule has 1 aromatic carbocycles. The van der Waals surface area contributed by atoms with Crippen molar-refractivity contribution < 1.29 is 19.4 Å². The Morgan fingerprint density at radius 3 is 2.74 bits per heavy atom. The van der Waals surface area contributed by atoms with Gasteiger partial charge in [0.25, 0.3) is 0 Å². The minimum atomic E-state index is -0.909. The topological polar surface area (TPSA) is 66.8 Å². The third-order valence-corrected chi connectivity index (χ3v) is 3.33. The Labute approximate surface area is 116 Å². The Morgan fingerprint density at radius 2 is 2.11 bits per heavy atom. The lowest BCUT2D eigenvalue weighted by Crippen LogP contribution is -2.28. The average molecular weight is 283 g/mol. The lowest BCUT2D eigenvalue weighted by atomic mass is 10.2. The van der Waals surface area contributed by atoms with E-state index in [9.17, 15) is 9.59 Å². The predicted molar refractivity (Wildman–Crippen MR) is 74.4 cm³/mol. The van der Waals surface area contributed by atoms with Crippen molar-refractivity contribution >= 4 is 23.6 Å². The number of carbonyl (C=O) groups is 2. The van der Waals surface area contributed by atoms with Crippen LogP contribution in [-0.4, -0.2) is 47.5 Å². The number of carboxylic acids is 1. The SMILES string of the molecule is COc1cccc(CN(C)C(=O)CSCC(=O)O)c1. The first-order chi connectivity index (χ1) is 9.02. The summed E-state index contributed by atoms with van der Waals surface area (Å²) < 4.78 is 5.12. The van der Waals surface area contributed by atoms with Crippen LogP contribution in [0.2, 0.25) is 0 Å². The first-order valence-corrected chi connectivity index (χ1v) is 6.85. The lowest BCUT2D eigenvalue weighted by molar-refractivity contribution is -0.133. The number of benzene rings is 1.